The molecule has 1 aromatic carbocycles. The first kappa shape index (κ1) is 24.4. The number of aliphatic carboxylic acids is 1. The number of halogens is 1. The van der Waals surface area contributed by atoms with E-state index in [4.69, 9.17) is 9.47 Å². The normalized spacial score (nSPS) is 13.3. The van der Waals surface area contributed by atoms with Gasteiger partial charge in [0.15, 0.2) is 23.0 Å². The number of rotatable bonds is 5. The number of anilines is 1. The topological polar surface area (TPSA) is 115 Å². The Bertz CT molecular complexity index is 1330. The highest BCUT2D eigenvalue weighted by molar-refractivity contribution is 5.85. The number of nitrogens with zero attached hydrogens (tertiary/aromatic N) is 3. The lowest BCUT2D eigenvalue weighted by Crippen LogP contribution is -2.22. The lowest BCUT2D eigenvalue weighted by Gasteiger charge is -2.23. The minimum Gasteiger partial charge on any atom is -0.490 e. The summed E-state index contributed by atoms with van der Waals surface area (Å²) in [5, 5.41) is 16.6. The van der Waals surface area contributed by atoms with Gasteiger partial charge in [0, 0.05) is 28.5 Å². The van der Waals surface area contributed by atoms with Crippen LogP contribution in [0.15, 0.2) is 12.1 Å². The van der Waals surface area contributed by atoms with Crippen LogP contribution in [-0.4, -0.2) is 45.0 Å². The fourth-order valence-corrected chi connectivity index (χ4v) is 4.18. The Hall–Kier alpha value is -3.69. The second kappa shape index (κ2) is 9.16. The van der Waals surface area contributed by atoms with Crippen LogP contribution in [0.2, 0.25) is 0 Å². The predicted octanol–water partition coefficient (Wildman–Crippen LogP) is 4.70. The minimum atomic E-state index is -1.05. The minimum absolute atomic E-state index is 0.184. The van der Waals surface area contributed by atoms with Gasteiger partial charge >= 0.3 is 12.1 Å². The molecule has 1 amide bonds. The van der Waals surface area contributed by atoms with Crippen LogP contribution in [0.4, 0.5) is 15.0 Å². The van der Waals surface area contributed by atoms with Crippen LogP contribution < -0.4 is 10.1 Å². The van der Waals surface area contributed by atoms with E-state index < -0.39 is 17.9 Å². The average Bonchev–Trinajstić information content (AvgIpc) is 3.16. The molecule has 0 spiro atoms. The van der Waals surface area contributed by atoms with Crippen molar-refractivity contribution in [1.82, 2.24) is 14.6 Å². The van der Waals surface area contributed by atoms with Crippen LogP contribution in [0.3, 0.4) is 0 Å². The molecule has 3 aromatic rings. The van der Waals surface area contributed by atoms with E-state index in [1.54, 1.807) is 13.0 Å². The maximum atomic E-state index is 15.1. The first-order valence-electron chi connectivity index (χ1n) is 11.4. The molecule has 0 saturated carbocycles. The van der Waals surface area contributed by atoms with Crippen molar-refractivity contribution >= 4 is 23.5 Å². The largest absolute Gasteiger partial charge is 0.490 e. The third-order valence-electron chi connectivity index (χ3n) is 5.79. The Labute approximate surface area is 202 Å². The van der Waals surface area contributed by atoms with Crippen molar-refractivity contribution in [3.8, 4) is 17.0 Å². The molecule has 9 nitrogen and oxygen atoms in total. The van der Waals surface area contributed by atoms with E-state index >= 15 is 4.39 Å². The molecular weight excluding hydrogens is 455 g/mol. The molecule has 1 aliphatic heterocycles. The van der Waals surface area contributed by atoms with Crippen molar-refractivity contribution in [3.05, 3.63) is 40.3 Å². The van der Waals surface area contributed by atoms with Gasteiger partial charge in [-0.2, -0.15) is 0 Å². The zero-order chi connectivity index (χ0) is 25.5. The van der Waals surface area contributed by atoms with Crippen molar-refractivity contribution < 1.29 is 28.6 Å². The zero-order valence-corrected chi connectivity index (χ0v) is 20.5. The lowest BCUT2D eigenvalue weighted by atomic mass is 9.91. The van der Waals surface area contributed by atoms with Crippen molar-refractivity contribution in [2.45, 2.75) is 53.9 Å². The predicted molar refractivity (Wildman–Crippen MR) is 127 cm³/mol. The van der Waals surface area contributed by atoms with Crippen LogP contribution in [0.1, 0.15) is 49.6 Å². The van der Waals surface area contributed by atoms with E-state index in [9.17, 15) is 14.7 Å². The first-order chi connectivity index (χ1) is 16.4. The number of hydrogen-bond donors (Lipinski definition) is 2. The Balaban J connectivity index is 1.86. The standard InChI is InChI=1S/C25H29FN4O5/c1-13-15-7-6-8-34-23(15)18(26)9-16(13)22-17(10-21(31)32)14(2)27-20-11-19(29-30(20)22)28-24(33)35-12-25(3,4)5/h9,11H,6-8,10,12H2,1-5H3,(H,31,32)(H,28,29,33). The summed E-state index contributed by atoms with van der Waals surface area (Å²) in [6.45, 7) is 10.1. The van der Waals surface area contributed by atoms with Gasteiger partial charge in [-0.05, 0) is 43.7 Å². The summed E-state index contributed by atoms with van der Waals surface area (Å²) in [4.78, 5) is 28.5. The van der Waals surface area contributed by atoms with Gasteiger partial charge in [-0.1, -0.05) is 20.8 Å². The molecule has 0 radical (unpaired) electrons. The van der Waals surface area contributed by atoms with Gasteiger partial charge in [0.05, 0.1) is 25.3 Å². The lowest BCUT2D eigenvalue weighted by molar-refractivity contribution is -0.136. The molecule has 0 bridgehead atoms. The van der Waals surface area contributed by atoms with Gasteiger partial charge in [0.25, 0.3) is 0 Å². The molecule has 2 N–H and O–H groups in total. The van der Waals surface area contributed by atoms with Crippen molar-refractivity contribution in [1.29, 1.82) is 0 Å². The van der Waals surface area contributed by atoms with Gasteiger partial charge in [0.1, 0.15) is 0 Å². The third kappa shape index (κ3) is 5.06. The average molecular weight is 485 g/mol. The molecule has 0 saturated heterocycles. The van der Waals surface area contributed by atoms with E-state index in [0.29, 0.717) is 41.2 Å². The van der Waals surface area contributed by atoms with Gasteiger partial charge in [0.2, 0.25) is 0 Å². The number of amides is 1. The highest BCUT2D eigenvalue weighted by atomic mass is 19.1. The third-order valence-corrected chi connectivity index (χ3v) is 5.79. The fraction of sp³-hybridized carbons (Fsp3) is 0.440. The quantitative estimate of drug-likeness (QED) is 0.539. The number of aryl methyl sites for hydroxylation is 1. The van der Waals surface area contributed by atoms with E-state index in [1.807, 2.05) is 27.7 Å². The number of carboxylic acids is 1. The van der Waals surface area contributed by atoms with E-state index in [-0.39, 0.29) is 30.0 Å². The second-order valence-corrected chi connectivity index (χ2v) is 9.95. The molecule has 0 atom stereocenters. The highest BCUT2D eigenvalue weighted by Crippen LogP contribution is 2.39. The number of ether oxygens (including phenoxy) is 2. The van der Waals surface area contributed by atoms with Crippen molar-refractivity contribution in [3.63, 3.8) is 0 Å². The summed E-state index contributed by atoms with van der Waals surface area (Å²) in [6, 6.07) is 2.91. The maximum absolute atomic E-state index is 15.1. The van der Waals surface area contributed by atoms with Crippen LogP contribution in [0.25, 0.3) is 16.9 Å². The van der Waals surface area contributed by atoms with Crippen LogP contribution in [-0.2, 0) is 22.4 Å². The Morgan fingerprint density at radius 1 is 1.29 bits per heavy atom. The number of aromatic nitrogens is 3. The Morgan fingerprint density at radius 2 is 2.03 bits per heavy atom. The number of carbonyl (C=O) groups is 2. The van der Waals surface area contributed by atoms with Gasteiger partial charge < -0.3 is 14.6 Å². The van der Waals surface area contributed by atoms with Gasteiger partial charge in [-0.25, -0.2) is 18.7 Å². The summed E-state index contributed by atoms with van der Waals surface area (Å²) in [6.07, 6.45) is 0.421. The van der Waals surface area contributed by atoms with Crippen LogP contribution >= 0.6 is 0 Å². The Morgan fingerprint density at radius 3 is 2.71 bits per heavy atom. The molecule has 1 aliphatic rings. The monoisotopic (exact) mass is 484 g/mol. The number of carbonyl (C=O) groups excluding carboxylic acids is 1. The molecule has 10 heteroatoms. The van der Waals surface area contributed by atoms with E-state index in [2.05, 4.69) is 15.4 Å². The molecule has 35 heavy (non-hydrogen) atoms. The molecule has 186 valence electrons. The van der Waals surface area contributed by atoms with E-state index in [0.717, 1.165) is 17.5 Å². The Kier molecular flexibility index (Phi) is 6.40. The highest BCUT2D eigenvalue weighted by Gasteiger charge is 2.26. The molecule has 4 rings (SSSR count). The van der Waals surface area contributed by atoms with Crippen LogP contribution in [0, 0.1) is 25.1 Å². The number of benzene rings is 1. The van der Waals surface area contributed by atoms with Gasteiger partial charge in [-0.15, -0.1) is 5.10 Å². The van der Waals surface area contributed by atoms with Crippen LogP contribution in [0.5, 0.6) is 5.75 Å². The molecular formula is C25H29FN4O5. The number of fused-ring (bicyclic) bond motifs is 2. The molecule has 3 heterocycles. The summed E-state index contributed by atoms with van der Waals surface area (Å²) in [5.41, 5.74) is 3.52. The number of nitrogens with one attached hydrogen (secondary N) is 1. The summed E-state index contributed by atoms with van der Waals surface area (Å²) < 4.78 is 27.4. The number of carboxylic acid groups (broad SMARTS) is 1. The maximum Gasteiger partial charge on any atom is 0.412 e. The van der Waals surface area contributed by atoms with Crippen molar-refractivity contribution in [2.24, 2.45) is 5.41 Å². The summed E-state index contributed by atoms with van der Waals surface area (Å²) in [7, 11) is 0. The van der Waals surface area contributed by atoms with Crippen molar-refractivity contribution in [2.75, 3.05) is 18.5 Å². The van der Waals surface area contributed by atoms with E-state index in [1.165, 1.54) is 10.6 Å². The smallest absolute Gasteiger partial charge is 0.412 e. The number of hydrogen-bond acceptors (Lipinski definition) is 6. The molecule has 0 aliphatic carbocycles. The van der Waals surface area contributed by atoms with Gasteiger partial charge in [-0.3, -0.25) is 10.1 Å². The first-order valence-corrected chi connectivity index (χ1v) is 11.4. The summed E-state index contributed by atoms with van der Waals surface area (Å²) in [5.74, 6) is -1.14. The summed E-state index contributed by atoms with van der Waals surface area (Å²) >= 11 is 0. The molecule has 2 aromatic heterocycles. The molecule has 0 unspecified atom stereocenters. The molecule has 0 fully saturated rings. The second-order valence-electron chi connectivity index (χ2n) is 9.95. The SMILES string of the molecule is Cc1nc2cc(NC(=O)OCC(C)(C)C)nn2c(-c2cc(F)c3c(c2C)CCCO3)c1CC(=O)O. The zero-order valence-electron chi connectivity index (χ0n) is 20.5. The fourth-order valence-electron chi connectivity index (χ4n) is 4.18.